The Labute approximate surface area is 141 Å². The number of aldehydes is 1. The first-order valence-electron chi connectivity index (χ1n) is 7.47. The van der Waals surface area contributed by atoms with Gasteiger partial charge in [0.1, 0.15) is 12.1 Å². The van der Waals surface area contributed by atoms with Crippen molar-refractivity contribution in [3.63, 3.8) is 0 Å². The molecule has 22 heavy (non-hydrogen) atoms. The molecule has 0 aliphatic heterocycles. The van der Waals surface area contributed by atoms with E-state index in [1.807, 2.05) is 7.05 Å². The average Bonchev–Trinajstić information content (AvgIpc) is 2.83. The number of aromatic nitrogens is 2. The zero-order valence-corrected chi connectivity index (χ0v) is 14.3. The smallest absolute Gasteiger partial charge is 0.120 e. The van der Waals surface area contributed by atoms with Gasteiger partial charge < -0.3 is 14.3 Å². The number of anilines is 1. The molecule has 0 N–H and O–H groups in total. The van der Waals surface area contributed by atoms with Crippen molar-refractivity contribution in [2.45, 2.75) is 19.3 Å². The van der Waals surface area contributed by atoms with Crippen molar-refractivity contribution in [3.8, 4) is 0 Å². The fraction of sp³-hybridized carbons (Fsp3) is 0.500. The van der Waals surface area contributed by atoms with E-state index in [1.165, 1.54) is 0 Å². The Morgan fingerprint density at radius 3 is 2.64 bits per heavy atom. The van der Waals surface area contributed by atoms with E-state index in [0.717, 1.165) is 54.8 Å². The van der Waals surface area contributed by atoms with Crippen LogP contribution in [0.15, 0.2) is 18.2 Å². The molecule has 0 saturated heterocycles. The van der Waals surface area contributed by atoms with Gasteiger partial charge in [-0.05, 0) is 24.6 Å². The summed E-state index contributed by atoms with van der Waals surface area (Å²) < 4.78 is 2.09. The number of carbonyl (C=O) groups excluding carboxylic acids is 1. The Morgan fingerprint density at radius 1 is 1.27 bits per heavy atom. The molecule has 0 radical (unpaired) electrons. The molecule has 2 rings (SSSR count). The molecule has 6 heteroatoms. The van der Waals surface area contributed by atoms with Crippen LogP contribution in [0.1, 0.15) is 18.7 Å². The average molecular weight is 342 g/mol. The molecule has 0 spiro atoms. The highest BCUT2D eigenvalue weighted by molar-refractivity contribution is 6.18. The summed E-state index contributed by atoms with van der Waals surface area (Å²) in [4.78, 5) is 17.3. The van der Waals surface area contributed by atoms with Crippen molar-refractivity contribution >= 4 is 46.2 Å². The first kappa shape index (κ1) is 17.1. The second-order valence-electron chi connectivity index (χ2n) is 5.18. The molecule has 0 amide bonds. The van der Waals surface area contributed by atoms with Crippen LogP contribution in [0.3, 0.4) is 0 Å². The molecule has 0 aliphatic rings. The molecule has 1 aromatic carbocycles. The van der Waals surface area contributed by atoms with E-state index in [0.29, 0.717) is 18.2 Å². The molecule has 120 valence electrons. The lowest BCUT2D eigenvalue weighted by atomic mass is 10.2. The van der Waals surface area contributed by atoms with Gasteiger partial charge >= 0.3 is 0 Å². The van der Waals surface area contributed by atoms with Crippen molar-refractivity contribution in [2.24, 2.45) is 7.05 Å². The third kappa shape index (κ3) is 3.93. The van der Waals surface area contributed by atoms with Gasteiger partial charge in [-0.15, -0.1) is 23.2 Å². The maximum Gasteiger partial charge on any atom is 0.120 e. The lowest BCUT2D eigenvalue weighted by Crippen LogP contribution is -2.27. The summed E-state index contributed by atoms with van der Waals surface area (Å²) in [5, 5.41) is 0. The lowest BCUT2D eigenvalue weighted by Gasteiger charge is -2.22. The Hall–Kier alpha value is -1.26. The third-order valence-corrected chi connectivity index (χ3v) is 4.09. The summed E-state index contributed by atoms with van der Waals surface area (Å²) in [6.45, 7) is 1.53. The number of alkyl halides is 2. The van der Waals surface area contributed by atoms with E-state index in [1.54, 1.807) is 0 Å². The molecule has 1 heterocycles. The van der Waals surface area contributed by atoms with Crippen molar-refractivity contribution in [1.29, 1.82) is 0 Å². The number of carbonyl (C=O) groups is 1. The van der Waals surface area contributed by atoms with Crippen LogP contribution in [0.5, 0.6) is 0 Å². The number of imidazole rings is 1. The first-order chi connectivity index (χ1) is 10.7. The second-order valence-corrected chi connectivity index (χ2v) is 5.94. The number of rotatable bonds is 9. The number of nitrogens with zero attached hydrogens (tertiary/aromatic N) is 3. The molecule has 0 saturated carbocycles. The van der Waals surface area contributed by atoms with Gasteiger partial charge in [-0.25, -0.2) is 4.98 Å². The number of hydrogen-bond acceptors (Lipinski definition) is 3. The van der Waals surface area contributed by atoms with Gasteiger partial charge in [0, 0.05) is 50.4 Å². The van der Waals surface area contributed by atoms with E-state index in [9.17, 15) is 4.79 Å². The first-order valence-corrected chi connectivity index (χ1v) is 8.54. The van der Waals surface area contributed by atoms with Crippen molar-refractivity contribution < 1.29 is 4.79 Å². The molecule has 1 aromatic heterocycles. The molecule has 0 bridgehead atoms. The Morgan fingerprint density at radius 2 is 2.00 bits per heavy atom. The molecule has 4 nitrogen and oxygen atoms in total. The minimum atomic E-state index is 0.564. The molecule has 0 unspecified atom stereocenters. The fourth-order valence-electron chi connectivity index (χ4n) is 2.58. The highest BCUT2D eigenvalue weighted by Gasteiger charge is 2.11. The molecule has 0 atom stereocenters. The maximum absolute atomic E-state index is 10.4. The third-order valence-electron chi connectivity index (χ3n) is 3.75. The van der Waals surface area contributed by atoms with Crippen LogP contribution in [0.4, 0.5) is 5.69 Å². The number of hydrogen-bond donors (Lipinski definition) is 0. The molecular weight excluding hydrogens is 321 g/mol. The Balaban J connectivity index is 2.27. The van der Waals surface area contributed by atoms with Crippen LogP contribution in [0.25, 0.3) is 11.0 Å². The Kier molecular flexibility index (Phi) is 6.52. The minimum Gasteiger partial charge on any atom is -0.369 e. The molecular formula is C16H21Cl2N3O. The highest BCUT2D eigenvalue weighted by atomic mass is 35.5. The summed E-state index contributed by atoms with van der Waals surface area (Å²) >= 11 is 11.7. The van der Waals surface area contributed by atoms with Crippen molar-refractivity contribution in [2.75, 3.05) is 29.7 Å². The molecule has 0 aliphatic carbocycles. The van der Waals surface area contributed by atoms with Crippen molar-refractivity contribution in [3.05, 3.63) is 24.0 Å². The number of unbranched alkanes of at least 4 members (excludes halogenated alkanes) is 1. The lowest BCUT2D eigenvalue weighted by molar-refractivity contribution is -0.107. The quantitative estimate of drug-likeness (QED) is 0.398. The fourth-order valence-corrected chi connectivity index (χ4v) is 2.98. The zero-order chi connectivity index (χ0) is 15.9. The largest absolute Gasteiger partial charge is 0.369 e. The predicted molar refractivity (Wildman–Crippen MR) is 93.4 cm³/mol. The van der Waals surface area contributed by atoms with Crippen LogP contribution in [-0.2, 0) is 18.3 Å². The standard InChI is InChI=1S/C16H21Cl2N3O/c1-20-15-6-5-13(21(9-7-17)10-8-18)12-14(15)19-16(20)4-2-3-11-22/h5-6,11-12H,2-4,7-10H2,1H3. The van der Waals surface area contributed by atoms with Gasteiger partial charge in [-0.3, -0.25) is 0 Å². The van der Waals surface area contributed by atoms with E-state index < -0.39 is 0 Å². The van der Waals surface area contributed by atoms with Crippen LogP contribution < -0.4 is 4.90 Å². The molecule has 2 aromatic rings. The van der Waals surface area contributed by atoms with Gasteiger partial charge in [0.15, 0.2) is 0 Å². The van der Waals surface area contributed by atoms with Gasteiger partial charge in [0.2, 0.25) is 0 Å². The monoisotopic (exact) mass is 341 g/mol. The number of halogens is 2. The number of benzene rings is 1. The van der Waals surface area contributed by atoms with E-state index in [4.69, 9.17) is 28.2 Å². The maximum atomic E-state index is 10.4. The van der Waals surface area contributed by atoms with Crippen molar-refractivity contribution in [1.82, 2.24) is 9.55 Å². The van der Waals surface area contributed by atoms with Crippen LogP contribution in [0, 0.1) is 0 Å². The van der Waals surface area contributed by atoms with E-state index in [-0.39, 0.29) is 0 Å². The highest BCUT2D eigenvalue weighted by Crippen LogP contribution is 2.23. The normalized spacial score (nSPS) is 11.0. The van der Waals surface area contributed by atoms with Gasteiger partial charge in [0.25, 0.3) is 0 Å². The van der Waals surface area contributed by atoms with Crippen LogP contribution >= 0.6 is 23.2 Å². The zero-order valence-electron chi connectivity index (χ0n) is 12.8. The summed E-state index contributed by atoms with van der Waals surface area (Å²) in [6, 6.07) is 6.24. The summed E-state index contributed by atoms with van der Waals surface area (Å²) in [7, 11) is 2.01. The minimum absolute atomic E-state index is 0.564. The van der Waals surface area contributed by atoms with Crippen LogP contribution in [0.2, 0.25) is 0 Å². The topological polar surface area (TPSA) is 38.1 Å². The van der Waals surface area contributed by atoms with Crippen LogP contribution in [-0.4, -0.2) is 40.7 Å². The van der Waals surface area contributed by atoms with Gasteiger partial charge in [-0.1, -0.05) is 0 Å². The van der Waals surface area contributed by atoms with E-state index >= 15 is 0 Å². The Bertz CT molecular complexity index is 621. The summed E-state index contributed by atoms with van der Waals surface area (Å²) in [5.41, 5.74) is 3.16. The summed E-state index contributed by atoms with van der Waals surface area (Å²) in [5.74, 6) is 2.14. The number of fused-ring (bicyclic) bond motifs is 1. The predicted octanol–water partition coefficient (Wildman–Crippen LogP) is 3.38. The number of aryl methyl sites for hydroxylation is 2. The van der Waals surface area contributed by atoms with Gasteiger partial charge in [0.05, 0.1) is 11.0 Å². The second kappa shape index (κ2) is 8.39. The SMILES string of the molecule is Cn1c(CCCC=O)nc2cc(N(CCCl)CCCl)ccc21. The molecule has 0 fully saturated rings. The summed E-state index contributed by atoms with van der Waals surface area (Å²) in [6.07, 6.45) is 3.18. The van der Waals surface area contributed by atoms with Gasteiger partial charge in [-0.2, -0.15) is 0 Å². The van der Waals surface area contributed by atoms with E-state index in [2.05, 4.69) is 27.7 Å².